The molecule has 0 spiro atoms. The standard InChI is InChI=1S/C30H48N2O9/c1-30(2,3)41-29(36)31-14-10-16-39-19-20-40-27(34)22-25(21-24-11-6-5-7-12-24)28(35)32-23-26(33)13-8-9-15-38-18-17-37-4/h5-7,11-12,25H,8-10,13-23H2,1-4H3,(H,31,36)(H,32,35). The van der Waals surface area contributed by atoms with E-state index in [0.717, 1.165) is 12.0 Å². The van der Waals surface area contributed by atoms with E-state index in [1.54, 1.807) is 27.9 Å². The molecule has 1 unspecified atom stereocenters. The van der Waals surface area contributed by atoms with Gasteiger partial charge in [0.25, 0.3) is 0 Å². The van der Waals surface area contributed by atoms with E-state index in [4.69, 9.17) is 23.7 Å². The van der Waals surface area contributed by atoms with Gasteiger partial charge in [-0.1, -0.05) is 30.3 Å². The fourth-order valence-electron chi connectivity index (χ4n) is 3.60. The summed E-state index contributed by atoms with van der Waals surface area (Å²) >= 11 is 0. The normalized spacial score (nSPS) is 11.9. The van der Waals surface area contributed by atoms with Gasteiger partial charge in [0.15, 0.2) is 5.78 Å². The Morgan fingerprint density at radius 2 is 1.51 bits per heavy atom. The fourth-order valence-corrected chi connectivity index (χ4v) is 3.60. The number of rotatable bonds is 22. The number of carbonyl (C=O) groups is 4. The summed E-state index contributed by atoms with van der Waals surface area (Å²) in [6.45, 7) is 7.92. The Morgan fingerprint density at radius 1 is 0.829 bits per heavy atom. The van der Waals surface area contributed by atoms with Crippen LogP contribution in [-0.4, -0.2) is 89.2 Å². The lowest BCUT2D eigenvalue weighted by atomic mass is 9.95. The lowest BCUT2D eigenvalue weighted by Crippen LogP contribution is -2.37. The summed E-state index contributed by atoms with van der Waals surface area (Å²) in [7, 11) is 1.61. The van der Waals surface area contributed by atoms with Gasteiger partial charge in [-0.3, -0.25) is 14.4 Å². The van der Waals surface area contributed by atoms with Gasteiger partial charge in [-0.25, -0.2) is 4.79 Å². The molecule has 0 radical (unpaired) electrons. The molecule has 2 amide bonds. The molecule has 1 aromatic rings. The third kappa shape index (κ3) is 20.5. The molecule has 0 aliphatic heterocycles. The molecule has 0 saturated heterocycles. The Hall–Kier alpha value is -3.02. The van der Waals surface area contributed by atoms with Crippen molar-refractivity contribution in [3.63, 3.8) is 0 Å². The fraction of sp³-hybridized carbons (Fsp3) is 0.667. The first-order chi connectivity index (χ1) is 19.6. The maximum absolute atomic E-state index is 12.9. The van der Waals surface area contributed by atoms with Crippen LogP contribution in [0.1, 0.15) is 58.4 Å². The highest BCUT2D eigenvalue weighted by Gasteiger charge is 2.24. The third-order valence-corrected chi connectivity index (χ3v) is 5.62. The summed E-state index contributed by atoms with van der Waals surface area (Å²) in [5, 5.41) is 5.33. The van der Waals surface area contributed by atoms with E-state index in [-0.39, 0.29) is 37.9 Å². The quantitative estimate of drug-likeness (QED) is 0.156. The van der Waals surface area contributed by atoms with E-state index in [0.29, 0.717) is 58.7 Å². The highest BCUT2D eigenvalue weighted by Crippen LogP contribution is 2.14. The number of esters is 1. The van der Waals surface area contributed by atoms with Crippen LogP contribution < -0.4 is 10.6 Å². The number of hydrogen-bond acceptors (Lipinski definition) is 9. The topological polar surface area (TPSA) is 138 Å². The van der Waals surface area contributed by atoms with E-state index in [1.807, 2.05) is 30.3 Å². The molecule has 0 aromatic heterocycles. The first-order valence-electron chi connectivity index (χ1n) is 14.2. The Labute approximate surface area is 244 Å². The van der Waals surface area contributed by atoms with E-state index in [9.17, 15) is 19.2 Å². The van der Waals surface area contributed by atoms with Gasteiger partial charge in [-0.2, -0.15) is 0 Å². The molecule has 11 nitrogen and oxygen atoms in total. The molecule has 1 rings (SSSR count). The van der Waals surface area contributed by atoms with E-state index >= 15 is 0 Å². The third-order valence-electron chi connectivity index (χ3n) is 5.62. The highest BCUT2D eigenvalue weighted by atomic mass is 16.6. The predicted molar refractivity (Wildman–Crippen MR) is 153 cm³/mol. The van der Waals surface area contributed by atoms with Crippen LogP contribution in [0.15, 0.2) is 30.3 Å². The summed E-state index contributed by atoms with van der Waals surface area (Å²) in [6.07, 6.45) is 2.08. The Kier molecular flexibility index (Phi) is 19.0. The molecule has 11 heteroatoms. The van der Waals surface area contributed by atoms with Crippen LogP contribution in [0.5, 0.6) is 0 Å². The average Bonchev–Trinajstić information content (AvgIpc) is 2.92. The number of methoxy groups -OCH3 is 1. The minimum Gasteiger partial charge on any atom is -0.463 e. The average molecular weight is 581 g/mol. The van der Waals surface area contributed by atoms with Crippen molar-refractivity contribution >= 4 is 23.8 Å². The second kappa shape index (κ2) is 21.7. The molecule has 0 fully saturated rings. The maximum atomic E-state index is 12.9. The number of ether oxygens (including phenoxy) is 5. The minimum atomic E-state index is -0.674. The van der Waals surface area contributed by atoms with Crippen LogP contribution in [0, 0.1) is 5.92 Å². The molecule has 1 atom stereocenters. The van der Waals surface area contributed by atoms with Crippen molar-refractivity contribution in [2.24, 2.45) is 5.92 Å². The molecule has 0 aliphatic carbocycles. The molecular formula is C30H48N2O9. The number of Topliss-reactive ketones (excluding diaryl/α,β-unsaturated/α-hetero) is 1. The Balaban J connectivity index is 2.34. The van der Waals surface area contributed by atoms with Gasteiger partial charge in [0.1, 0.15) is 12.2 Å². The van der Waals surface area contributed by atoms with Crippen LogP contribution in [0.2, 0.25) is 0 Å². The minimum absolute atomic E-state index is 0.0473. The van der Waals surface area contributed by atoms with Crippen LogP contribution >= 0.6 is 0 Å². The number of ketones is 1. The lowest BCUT2D eigenvalue weighted by molar-refractivity contribution is -0.148. The van der Waals surface area contributed by atoms with Crippen molar-refractivity contribution in [1.82, 2.24) is 10.6 Å². The van der Waals surface area contributed by atoms with Gasteiger partial charge >= 0.3 is 12.1 Å². The van der Waals surface area contributed by atoms with Crippen LogP contribution in [0.4, 0.5) is 4.79 Å². The zero-order valence-corrected chi connectivity index (χ0v) is 25.0. The molecule has 0 heterocycles. The molecule has 0 aliphatic rings. The van der Waals surface area contributed by atoms with Crippen molar-refractivity contribution in [1.29, 1.82) is 0 Å². The predicted octanol–water partition coefficient (Wildman–Crippen LogP) is 3.23. The summed E-state index contributed by atoms with van der Waals surface area (Å²) in [6, 6.07) is 9.38. The number of benzene rings is 1. The second-order valence-electron chi connectivity index (χ2n) is 10.5. The molecule has 0 bridgehead atoms. The highest BCUT2D eigenvalue weighted by molar-refractivity contribution is 5.88. The van der Waals surface area contributed by atoms with Crippen LogP contribution in [-0.2, 0) is 44.5 Å². The van der Waals surface area contributed by atoms with Gasteiger partial charge in [-0.15, -0.1) is 0 Å². The molecule has 232 valence electrons. The zero-order chi connectivity index (χ0) is 30.3. The van der Waals surface area contributed by atoms with Crippen molar-refractivity contribution in [2.75, 3.05) is 59.8 Å². The SMILES string of the molecule is COCCOCCCCC(=O)CNC(=O)C(CC(=O)OCCOCCCNC(=O)OC(C)(C)C)Cc1ccccc1. The van der Waals surface area contributed by atoms with Crippen molar-refractivity contribution in [3.05, 3.63) is 35.9 Å². The van der Waals surface area contributed by atoms with Crippen molar-refractivity contribution in [3.8, 4) is 0 Å². The summed E-state index contributed by atoms with van der Waals surface area (Å²) in [5.41, 5.74) is 0.353. The van der Waals surface area contributed by atoms with Crippen molar-refractivity contribution < 1.29 is 42.9 Å². The maximum Gasteiger partial charge on any atom is 0.407 e. The molecule has 1 aromatic carbocycles. The summed E-state index contributed by atoms with van der Waals surface area (Å²) < 4.78 is 26.2. The molecule has 2 N–H and O–H groups in total. The summed E-state index contributed by atoms with van der Waals surface area (Å²) in [5.74, 6) is -1.63. The first kappa shape index (κ1) is 36.0. The molecular weight excluding hydrogens is 532 g/mol. The Morgan fingerprint density at radius 3 is 2.20 bits per heavy atom. The van der Waals surface area contributed by atoms with Gasteiger partial charge in [0.2, 0.25) is 5.91 Å². The zero-order valence-electron chi connectivity index (χ0n) is 25.0. The number of amides is 2. The van der Waals surface area contributed by atoms with Gasteiger partial charge in [-0.05, 0) is 52.0 Å². The van der Waals surface area contributed by atoms with Gasteiger partial charge < -0.3 is 34.3 Å². The number of carbonyl (C=O) groups excluding carboxylic acids is 4. The summed E-state index contributed by atoms with van der Waals surface area (Å²) in [4.78, 5) is 49.2. The van der Waals surface area contributed by atoms with Gasteiger partial charge in [0, 0.05) is 33.3 Å². The van der Waals surface area contributed by atoms with Crippen molar-refractivity contribution in [2.45, 2.75) is 64.9 Å². The van der Waals surface area contributed by atoms with E-state index < -0.39 is 23.6 Å². The monoisotopic (exact) mass is 580 g/mol. The smallest absolute Gasteiger partial charge is 0.407 e. The van der Waals surface area contributed by atoms with Crippen LogP contribution in [0.25, 0.3) is 0 Å². The number of nitrogens with one attached hydrogen (secondary N) is 2. The van der Waals surface area contributed by atoms with Crippen LogP contribution in [0.3, 0.4) is 0 Å². The number of unbranched alkanes of at least 4 members (excludes halogenated alkanes) is 1. The van der Waals surface area contributed by atoms with E-state index in [1.165, 1.54) is 0 Å². The van der Waals surface area contributed by atoms with E-state index in [2.05, 4.69) is 10.6 Å². The molecule has 41 heavy (non-hydrogen) atoms. The first-order valence-corrected chi connectivity index (χ1v) is 14.2. The Bertz CT molecular complexity index is 888. The molecule has 0 saturated carbocycles. The number of alkyl carbamates (subject to hydrolysis) is 1. The second-order valence-corrected chi connectivity index (χ2v) is 10.5. The van der Waals surface area contributed by atoms with Gasteiger partial charge in [0.05, 0.1) is 38.7 Å². The largest absolute Gasteiger partial charge is 0.463 e. The number of hydrogen-bond donors (Lipinski definition) is 2. The lowest BCUT2D eigenvalue weighted by Gasteiger charge is -2.19.